The van der Waals surface area contributed by atoms with Gasteiger partial charge in [-0.05, 0) is 25.0 Å². The molecule has 0 spiro atoms. The highest BCUT2D eigenvalue weighted by Gasteiger charge is 2.32. The minimum atomic E-state index is -0.222. The van der Waals surface area contributed by atoms with Crippen molar-refractivity contribution in [3.8, 4) is 23.0 Å². The van der Waals surface area contributed by atoms with Gasteiger partial charge < -0.3 is 18.9 Å². The Labute approximate surface area is 106 Å². The van der Waals surface area contributed by atoms with Gasteiger partial charge in [-0.1, -0.05) is 0 Å². The fraction of sp³-hybridized carbons (Fsp3) is 0.462. The van der Waals surface area contributed by atoms with Crippen molar-refractivity contribution in [3.63, 3.8) is 0 Å². The molecule has 1 aliphatic carbocycles. The number of methoxy groups -OCH3 is 3. The van der Waals surface area contributed by atoms with Crippen molar-refractivity contribution in [2.75, 3.05) is 21.3 Å². The van der Waals surface area contributed by atoms with E-state index < -0.39 is 0 Å². The lowest BCUT2D eigenvalue weighted by Gasteiger charge is -2.15. The Morgan fingerprint density at radius 2 is 1.56 bits per heavy atom. The summed E-state index contributed by atoms with van der Waals surface area (Å²) in [5, 5.41) is 0. The maximum atomic E-state index is 11.6. The maximum absolute atomic E-state index is 11.6. The molecule has 0 heterocycles. The molecule has 0 N–H and O–H groups in total. The van der Waals surface area contributed by atoms with Gasteiger partial charge in [0, 0.05) is 0 Å². The molecule has 98 valence electrons. The van der Waals surface area contributed by atoms with Crippen LogP contribution >= 0.6 is 0 Å². The highest BCUT2D eigenvalue weighted by atomic mass is 16.6. The minimum absolute atomic E-state index is 0.0304. The zero-order chi connectivity index (χ0) is 13.1. The van der Waals surface area contributed by atoms with Crippen LogP contribution in [0.25, 0.3) is 0 Å². The molecule has 0 amide bonds. The van der Waals surface area contributed by atoms with E-state index in [-0.39, 0.29) is 11.9 Å². The summed E-state index contributed by atoms with van der Waals surface area (Å²) < 4.78 is 20.9. The third-order valence-corrected chi connectivity index (χ3v) is 2.79. The molecule has 0 aromatic heterocycles. The number of esters is 1. The molecule has 0 bridgehead atoms. The molecule has 1 aromatic rings. The van der Waals surface area contributed by atoms with Crippen LogP contribution in [0.3, 0.4) is 0 Å². The van der Waals surface area contributed by atoms with E-state index in [1.54, 1.807) is 12.1 Å². The van der Waals surface area contributed by atoms with E-state index in [0.29, 0.717) is 23.0 Å². The normalized spacial score (nSPS) is 13.9. The Kier molecular flexibility index (Phi) is 3.60. The molecule has 1 aromatic carbocycles. The molecular formula is C13H16O5. The van der Waals surface area contributed by atoms with Gasteiger partial charge in [0.25, 0.3) is 0 Å². The Balaban J connectivity index is 2.31. The van der Waals surface area contributed by atoms with Gasteiger partial charge in [0.2, 0.25) is 11.5 Å². The summed E-state index contributed by atoms with van der Waals surface area (Å²) >= 11 is 0. The molecule has 0 saturated heterocycles. The van der Waals surface area contributed by atoms with E-state index in [4.69, 9.17) is 18.9 Å². The molecule has 0 atom stereocenters. The first kappa shape index (κ1) is 12.5. The van der Waals surface area contributed by atoms with Crippen LogP contribution in [-0.4, -0.2) is 27.3 Å². The smallest absolute Gasteiger partial charge is 0.314 e. The van der Waals surface area contributed by atoms with E-state index in [1.165, 1.54) is 21.3 Å². The number of carbonyl (C=O) groups is 1. The van der Waals surface area contributed by atoms with E-state index in [2.05, 4.69) is 0 Å². The standard InChI is InChI=1S/C13H16O5/c1-15-9-6-7-10(12(17-3)11(9)16-2)18-13(14)8-4-5-8/h6-8H,4-5H2,1-3H3. The zero-order valence-corrected chi connectivity index (χ0v) is 10.7. The quantitative estimate of drug-likeness (QED) is 0.593. The van der Waals surface area contributed by atoms with Gasteiger partial charge in [0.1, 0.15) is 0 Å². The Bertz CT molecular complexity index is 451. The summed E-state index contributed by atoms with van der Waals surface area (Å²) in [6.45, 7) is 0. The van der Waals surface area contributed by atoms with Gasteiger partial charge in [-0.25, -0.2) is 0 Å². The second kappa shape index (κ2) is 5.16. The molecule has 0 unspecified atom stereocenters. The van der Waals surface area contributed by atoms with Crippen LogP contribution in [-0.2, 0) is 4.79 Å². The molecule has 1 saturated carbocycles. The number of carbonyl (C=O) groups excluding carboxylic acids is 1. The van der Waals surface area contributed by atoms with E-state index in [0.717, 1.165) is 12.8 Å². The molecular weight excluding hydrogens is 236 g/mol. The number of benzene rings is 1. The van der Waals surface area contributed by atoms with Crippen molar-refractivity contribution in [1.29, 1.82) is 0 Å². The average Bonchev–Trinajstić information content (AvgIpc) is 3.22. The van der Waals surface area contributed by atoms with Gasteiger partial charge >= 0.3 is 5.97 Å². The SMILES string of the molecule is COc1ccc(OC(=O)C2CC2)c(OC)c1OC. The summed E-state index contributed by atoms with van der Waals surface area (Å²) in [5.74, 6) is 1.47. The maximum Gasteiger partial charge on any atom is 0.314 e. The first-order valence-corrected chi connectivity index (χ1v) is 5.72. The molecule has 0 aliphatic heterocycles. The first-order valence-electron chi connectivity index (χ1n) is 5.72. The molecule has 1 aliphatic rings. The van der Waals surface area contributed by atoms with Crippen LogP contribution < -0.4 is 18.9 Å². The van der Waals surface area contributed by atoms with Crippen LogP contribution in [0, 0.1) is 5.92 Å². The van der Waals surface area contributed by atoms with Crippen molar-refractivity contribution in [2.24, 2.45) is 5.92 Å². The fourth-order valence-corrected chi connectivity index (χ4v) is 1.66. The topological polar surface area (TPSA) is 54.0 Å². The largest absolute Gasteiger partial charge is 0.493 e. The van der Waals surface area contributed by atoms with Gasteiger partial charge in [-0.15, -0.1) is 0 Å². The van der Waals surface area contributed by atoms with Crippen molar-refractivity contribution >= 4 is 5.97 Å². The third-order valence-electron chi connectivity index (χ3n) is 2.79. The van der Waals surface area contributed by atoms with Crippen LogP contribution in [0.5, 0.6) is 23.0 Å². The highest BCUT2D eigenvalue weighted by molar-refractivity contribution is 5.78. The summed E-state index contributed by atoms with van der Waals surface area (Å²) in [7, 11) is 4.53. The van der Waals surface area contributed by atoms with Gasteiger partial charge in [0.15, 0.2) is 11.5 Å². The summed E-state index contributed by atoms with van der Waals surface area (Å²) in [4.78, 5) is 11.6. The van der Waals surface area contributed by atoms with Crippen molar-refractivity contribution in [2.45, 2.75) is 12.8 Å². The minimum Gasteiger partial charge on any atom is -0.493 e. The molecule has 5 nitrogen and oxygen atoms in total. The second-order valence-electron chi connectivity index (χ2n) is 4.03. The van der Waals surface area contributed by atoms with E-state index in [9.17, 15) is 4.79 Å². The van der Waals surface area contributed by atoms with E-state index in [1.807, 2.05) is 0 Å². The summed E-state index contributed by atoms with van der Waals surface area (Å²) in [6.07, 6.45) is 1.79. The lowest BCUT2D eigenvalue weighted by Crippen LogP contribution is -2.11. The lowest BCUT2D eigenvalue weighted by atomic mass is 10.2. The van der Waals surface area contributed by atoms with Gasteiger partial charge in [-0.3, -0.25) is 4.79 Å². The number of ether oxygens (including phenoxy) is 4. The van der Waals surface area contributed by atoms with Crippen LogP contribution in [0.15, 0.2) is 12.1 Å². The first-order chi connectivity index (χ1) is 8.71. The molecule has 2 rings (SSSR count). The second-order valence-corrected chi connectivity index (χ2v) is 4.03. The van der Waals surface area contributed by atoms with Crippen molar-refractivity contribution in [3.05, 3.63) is 12.1 Å². The predicted molar refractivity (Wildman–Crippen MR) is 64.5 cm³/mol. The number of hydrogen-bond donors (Lipinski definition) is 0. The lowest BCUT2D eigenvalue weighted by molar-refractivity contribution is -0.135. The predicted octanol–water partition coefficient (Wildman–Crippen LogP) is 2.03. The fourth-order valence-electron chi connectivity index (χ4n) is 1.66. The van der Waals surface area contributed by atoms with Crippen LogP contribution in [0.2, 0.25) is 0 Å². The Hall–Kier alpha value is -1.91. The van der Waals surface area contributed by atoms with Gasteiger partial charge in [0.05, 0.1) is 27.2 Å². The zero-order valence-electron chi connectivity index (χ0n) is 10.7. The molecule has 18 heavy (non-hydrogen) atoms. The number of hydrogen-bond acceptors (Lipinski definition) is 5. The summed E-state index contributed by atoms with van der Waals surface area (Å²) in [5.41, 5.74) is 0. The highest BCUT2D eigenvalue weighted by Crippen LogP contribution is 2.44. The molecule has 5 heteroatoms. The average molecular weight is 252 g/mol. The van der Waals surface area contributed by atoms with E-state index >= 15 is 0 Å². The van der Waals surface area contributed by atoms with Gasteiger partial charge in [-0.2, -0.15) is 0 Å². The Morgan fingerprint density at radius 1 is 1.00 bits per heavy atom. The number of rotatable bonds is 5. The Morgan fingerprint density at radius 3 is 2.06 bits per heavy atom. The summed E-state index contributed by atoms with van der Waals surface area (Å²) in [6, 6.07) is 3.32. The van der Waals surface area contributed by atoms with Crippen LogP contribution in [0.1, 0.15) is 12.8 Å². The van der Waals surface area contributed by atoms with Crippen molar-refractivity contribution in [1.82, 2.24) is 0 Å². The van der Waals surface area contributed by atoms with Crippen molar-refractivity contribution < 1.29 is 23.7 Å². The monoisotopic (exact) mass is 252 g/mol. The molecule has 1 fully saturated rings. The third kappa shape index (κ3) is 2.34. The van der Waals surface area contributed by atoms with Crippen LogP contribution in [0.4, 0.5) is 0 Å². The molecule has 0 radical (unpaired) electrons.